The summed E-state index contributed by atoms with van der Waals surface area (Å²) in [7, 11) is 7.84. The van der Waals surface area contributed by atoms with Crippen molar-refractivity contribution in [3.63, 3.8) is 0 Å². The SMILES string of the molecule is CN=C(NCc1ccc(N(C)C)cc1)N1CCOC(c2cnn(C)c2)C1.I. The van der Waals surface area contributed by atoms with Crippen molar-refractivity contribution in [2.75, 3.05) is 45.7 Å². The van der Waals surface area contributed by atoms with Gasteiger partial charge in [-0.2, -0.15) is 5.10 Å². The van der Waals surface area contributed by atoms with Gasteiger partial charge < -0.3 is 19.9 Å². The first kappa shape index (κ1) is 21.5. The minimum atomic E-state index is 0. The molecular weight excluding hydrogens is 455 g/mol. The van der Waals surface area contributed by atoms with E-state index in [1.165, 1.54) is 11.3 Å². The average molecular weight is 484 g/mol. The number of hydrogen-bond acceptors (Lipinski definition) is 4. The van der Waals surface area contributed by atoms with Crippen LogP contribution in [0.3, 0.4) is 0 Å². The van der Waals surface area contributed by atoms with Crippen LogP contribution >= 0.6 is 24.0 Å². The van der Waals surface area contributed by atoms with E-state index in [0.717, 1.165) is 31.2 Å². The van der Waals surface area contributed by atoms with E-state index in [0.29, 0.717) is 6.61 Å². The summed E-state index contributed by atoms with van der Waals surface area (Å²) >= 11 is 0. The Hall–Kier alpha value is -1.81. The number of halogens is 1. The van der Waals surface area contributed by atoms with E-state index in [2.05, 4.69) is 49.5 Å². The van der Waals surface area contributed by atoms with Crippen LogP contribution in [0.25, 0.3) is 0 Å². The van der Waals surface area contributed by atoms with Crippen LogP contribution in [-0.2, 0) is 18.3 Å². The molecule has 8 heteroatoms. The summed E-state index contributed by atoms with van der Waals surface area (Å²) in [4.78, 5) is 8.80. The lowest BCUT2D eigenvalue weighted by atomic mass is 10.1. The van der Waals surface area contributed by atoms with Crippen molar-refractivity contribution >= 4 is 35.6 Å². The quantitative estimate of drug-likeness (QED) is 0.410. The molecule has 1 aliphatic rings. The fraction of sp³-hybridized carbons (Fsp3) is 0.474. The lowest BCUT2D eigenvalue weighted by Gasteiger charge is -2.34. The molecule has 3 rings (SSSR count). The predicted molar refractivity (Wildman–Crippen MR) is 120 cm³/mol. The van der Waals surface area contributed by atoms with Crippen LogP contribution in [0.1, 0.15) is 17.2 Å². The molecule has 7 nitrogen and oxygen atoms in total. The van der Waals surface area contributed by atoms with Crippen LogP contribution < -0.4 is 10.2 Å². The van der Waals surface area contributed by atoms with Crippen molar-refractivity contribution in [1.82, 2.24) is 20.0 Å². The second-order valence-corrected chi connectivity index (χ2v) is 6.71. The third kappa shape index (κ3) is 5.58. The highest BCUT2D eigenvalue weighted by Crippen LogP contribution is 2.21. The molecule has 2 aromatic rings. The first-order valence-electron chi connectivity index (χ1n) is 8.89. The van der Waals surface area contributed by atoms with Crippen molar-refractivity contribution in [3.8, 4) is 0 Å². The predicted octanol–water partition coefficient (Wildman–Crippen LogP) is 2.25. The number of nitrogens with zero attached hydrogens (tertiary/aromatic N) is 5. The minimum Gasteiger partial charge on any atom is -0.378 e. The number of ether oxygens (including phenoxy) is 1. The maximum Gasteiger partial charge on any atom is 0.194 e. The molecule has 0 saturated carbocycles. The zero-order valence-corrected chi connectivity index (χ0v) is 18.8. The van der Waals surface area contributed by atoms with Crippen LogP contribution in [0.5, 0.6) is 0 Å². The van der Waals surface area contributed by atoms with Gasteiger partial charge in [-0.25, -0.2) is 0 Å². The van der Waals surface area contributed by atoms with E-state index in [-0.39, 0.29) is 30.1 Å². The normalized spacial score (nSPS) is 17.4. The number of benzene rings is 1. The number of rotatable bonds is 4. The lowest BCUT2D eigenvalue weighted by Crippen LogP contribution is -2.47. The highest BCUT2D eigenvalue weighted by Gasteiger charge is 2.25. The van der Waals surface area contributed by atoms with Crippen LogP contribution in [0, 0.1) is 0 Å². The smallest absolute Gasteiger partial charge is 0.194 e. The zero-order chi connectivity index (χ0) is 18.5. The van der Waals surface area contributed by atoms with Gasteiger partial charge in [-0.05, 0) is 17.7 Å². The molecule has 1 saturated heterocycles. The van der Waals surface area contributed by atoms with Crippen molar-refractivity contribution in [2.45, 2.75) is 12.6 Å². The molecule has 0 bridgehead atoms. The summed E-state index contributed by atoms with van der Waals surface area (Å²) in [6.45, 7) is 3.02. The molecular formula is C19H29IN6O. The van der Waals surface area contributed by atoms with Gasteiger partial charge in [0, 0.05) is 58.7 Å². The first-order chi connectivity index (χ1) is 12.6. The van der Waals surface area contributed by atoms with Crippen molar-refractivity contribution < 1.29 is 4.74 Å². The standard InChI is InChI=1S/C19H28N6O.HI/c1-20-19(21-11-15-5-7-17(8-6-15)23(2)3)25-9-10-26-18(14-25)16-12-22-24(4)13-16;/h5-8,12-13,18H,9-11,14H2,1-4H3,(H,20,21);1H. The Morgan fingerprint density at radius 3 is 2.67 bits per heavy atom. The number of nitrogens with one attached hydrogen (secondary N) is 1. The highest BCUT2D eigenvalue weighted by molar-refractivity contribution is 14.0. The van der Waals surface area contributed by atoms with Crippen LogP contribution in [-0.4, -0.2) is 61.5 Å². The Kier molecular flexibility index (Phi) is 7.91. The molecule has 148 valence electrons. The van der Waals surface area contributed by atoms with Gasteiger partial charge in [0.1, 0.15) is 6.10 Å². The molecule has 0 radical (unpaired) electrons. The molecule has 1 atom stereocenters. The second-order valence-electron chi connectivity index (χ2n) is 6.71. The fourth-order valence-electron chi connectivity index (χ4n) is 3.08. The van der Waals surface area contributed by atoms with Gasteiger partial charge in [0.25, 0.3) is 0 Å². The number of anilines is 1. The fourth-order valence-corrected chi connectivity index (χ4v) is 3.08. The molecule has 1 N–H and O–H groups in total. The number of aliphatic imine (C=N–C) groups is 1. The van der Waals surface area contributed by atoms with Crippen molar-refractivity contribution in [1.29, 1.82) is 0 Å². The number of hydrogen-bond donors (Lipinski definition) is 1. The van der Waals surface area contributed by atoms with Crippen LogP contribution in [0.15, 0.2) is 41.7 Å². The van der Waals surface area contributed by atoms with Gasteiger partial charge in [0.2, 0.25) is 0 Å². The molecule has 2 heterocycles. The number of guanidine groups is 1. The molecule has 1 unspecified atom stereocenters. The molecule has 1 fully saturated rings. The Morgan fingerprint density at radius 1 is 1.33 bits per heavy atom. The van der Waals surface area contributed by atoms with Crippen LogP contribution in [0.2, 0.25) is 0 Å². The van der Waals surface area contributed by atoms with Gasteiger partial charge in [-0.15, -0.1) is 24.0 Å². The minimum absolute atomic E-state index is 0. The third-order valence-electron chi connectivity index (χ3n) is 4.58. The first-order valence-corrected chi connectivity index (χ1v) is 8.89. The lowest BCUT2D eigenvalue weighted by molar-refractivity contribution is -0.00805. The summed E-state index contributed by atoms with van der Waals surface area (Å²) in [6.07, 6.45) is 3.91. The molecule has 0 aliphatic carbocycles. The Balaban J connectivity index is 0.00000261. The van der Waals surface area contributed by atoms with E-state index in [1.54, 1.807) is 0 Å². The summed E-state index contributed by atoms with van der Waals surface area (Å²) in [5.74, 6) is 0.902. The highest BCUT2D eigenvalue weighted by atomic mass is 127. The average Bonchev–Trinajstić information content (AvgIpc) is 3.09. The molecule has 1 aliphatic heterocycles. The third-order valence-corrected chi connectivity index (χ3v) is 4.58. The van der Waals surface area contributed by atoms with E-state index < -0.39 is 0 Å². The second kappa shape index (κ2) is 9.93. The van der Waals surface area contributed by atoms with Gasteiger partial charge in [0.15, 0.2) is 5.96 Å². The van der Waals surface area contributed by atoms with E-state index >= 15 is 0 Å². The Bertz CT molecular complexity index is 743. The van der Waals surface area contributed by atoms with Crippen molar-refractivity contribution in [2.24, 2.45) is 12.0 Å². The Labute approximate surface area is 178 Å². The van der Waals surface area contributed by atoms with Gasteiger partial charge >= 0.3 is 0 Å². The summed E-state index contributed by atoms with van der Waals surface area (Å²) in [5.41, 5.74) is 3.53. The Morgan fingerprint density at radius 2 is 2.07 bits per heavy atom. The molecule has 1 aromatic carbocycles. The maximum atomic E-state index is 5.92. The molecule has 1 aromatic heterocycles. The van der Waals surface area contributed by atoms with E-state index in [9.17, 15) is 0 Å². The van der Waals surface area contributed by atoms with Crippen molar-refractivity contribution in [3.05, 3.63) is 47.8 Å². The monoisotopic (exact) mass is 484 g/mol. The molecule has 27 heavy (non-hydrogen) atoms. The van der Waals surface area contributed by atoms with Crippen LogP contribution in [0.4, 0.5) is 5.69 Å². The largest absolute Gasteiger partial charge is 0.378 e. The van der Waals surface area contributed by atoms with E-state index in [4.69, 9.17) is 4.74 Å². The summed E-state index contributed by atoms with van der Waals surface area (Å²) in [6, 6.07) is 8.56. The summed E-state index contributed by atoms with van der Waals surface area (Å²) in [5, 5.41) is 7.71. The molecule has 0 amide bonds. The number of aryl methyl sites for hydroxylation is 1. The number of morpholine rings is 1. The number of aromatic nitrogens is 2. The maximum absolute atomic E-state index is 5.92. The van der Waals surface area contributed by atoms with E-state index in [1.807, 2.05) is 45.3 Å². The zero-order valence-electron chi connectivity index (χ0n) is 16.4. The summed E-state index contributed by atoms with van der Waals surface area (Å²) < 4.78 is 7.73. The topological polar surface area (TPSA) is 57.9 Å². The van der Waals surface area contributed by atoms with Gasteiger partial charge in [-0.1, -0.05) is 12.1 Å². The molecule has 0 spiro atoms. The van der Waals surface area contributed by atoms with Gasteiger partial charge in [0.05, 0.1) is 19.3 Å². The van der Waals surface area contributed by atoms with Gasteiger partial charge in [-0.3, -0.25) is 9.67 Å².